The topological polar surface area (TPSA) is 57.6 Å². The van der Waals surface area contributed by atoms with Crippen LogP contribution in [-0.2, 0) is 9.59 Å². The molecule has 4 nitrogen and oxygen atoms in total. The summed E-state index contributed by atoms with van der Waals surface area (Å²) < 4.78 is 0. The SMILES string of the molecule is CC(C)N(CC1CCC1)C(=O)CC1(C(=O)O)CCC1. The van der Waals surface area contributed by atoms with Gasteiger partial charge in [-0.1, -0.05) is 12.8 Å². The van der Waals surface area contributed by atoms with Crippen LogP contribution in [0, 0.1) is 11.3 Å². The van der Waals surface area contributed by atoms with Crippen molar-refractivity contribution in [3.63, 3.8) is 0 Å². The van der Waals surface area contributed by atoms with Crippen molar-refractivity contribution >= 4 is 11.9 Å². The Morgan fingerprint density at radius 1 is 1.26 bits per heavy atom. The molecule has 0 saturated heterocycles. The Kier molecular flexibility index (Phi) is 4.16. The third-order valence-electron chi connectivity index (χ3n) is 4.88. The van der Waals surface area contributed by atoms with Crippen LogP contribution in [0.5, 0.6) is 0 Å². The molecule has 0 spiro atoms. The quantitative estimate of drug-likeness (QED) is 0.805. The van der Waals surface area contributed by atoms with E-state index in [9.17, 15) is 14.7 Å². The predicted molar refractivity (Wildman–Crippen MR) is 72.7 cm³/mol. The standard InChI is InChI=1S/C15H25NO3/c1-11(2)16(10-12-5-3-6-12)13(17)9-15(14(18)19)7-4-8-15/h11-12H,3-10H2,1-2H3,(H,18,19). The molecule has 0 radical (unpaired) electrons. The molecule has 0 aromatic carbocycles. The molecule has 2 aliphatic carbocycles. The van der Waals surface area contributed by atoms with E-state index in [1.54, 1.807) is 0 Å². The van der Waals surface area contributed by atoms with Gasteiger partial charge in [0.25, 0.3) is 0 Å². The Labute approximate surface area is 115 Å². The molecule has 0 atom stereocenters. The van der Waals surface area contributed by atoms with Gasteiger partial charge >= 0.3 is 5.97 Å². The number of carbonyl (C=O) groups is 2. The highest BCUT2D eigenvalue weighted by atomic mass is 16.4. The average molecular weight is 267 g/mol. The van der Waals surface area contributed by atoms with Crippen molar-refractivity contribution < 1.29 is 14.7 Å². The first-order valence-corrected chi connectivity index (χ1v) is 7.47. The van der Waals surface area contributed by atoms with Crippen molar-refractivity contribution in [2.45, 2.75) is 64.8 Å². The molecule has 0 aliphatic heterocycles. The lowest BCUT2D eigenvalue weighted by atomic mass is 9.66. The first kappa shape index (κ1) is 14.4. The maximum atomic E-state index is 12.4. The van der Waals surface area contributed by atoms with Crippen molar-refractivity contribution in [1.82, 2.24) is 4.90 Å². The summed E-state index contributed by atoms with van der Waals surface area (Å²) >= 11 is 0. The first-order valence-electron chi connectivity index (χ1n) is 7.47. The van der Waals surface area contributed by atoms with Crippen molar-refractivity contribution in [2.24, 2.45) is 11.3 Å². The summed E-state index contributed by atoms with van der Waals surface area (Å²) in [7, 11) is 0. The predicted octanol–water partition coefficient (Wildman–Crippen LogP) is 2.67. The summed E-state index contributed by atoms with van der Waals surface area (Å²) in [5, 5.41) is 9.32. The molecule has 2 aliphatic rings. The van der Waals surface area contributed by atoms with E-state index in [1.807, 2.05) is 18.7 Å². The van der Waals surface area contributed by atoms with Gasteiger partial charge in [0, 0.05) is 19.0 Å². The number of hydrogen-bond donors (Lipinski definition) is 1. The molecule has 4 heteroatoms. The second-order valence-corrected chi connectivity index (χ2v) is 6.55. The van der Waals surface area contributed by atoms with Crippen LogP contribution in [0.15, 0.2) is 0 Å². The number of hydrogen-bond acceptors (Lipinski definition) is 2. The summed E-state index contributed by atoms with van der Waals surface area (Å²) in [6.07, 6.45) is 6.12. The zero-order valence-electron chi connectivity index (χ0n) is 12.0. The second-order valence-electron chi connectivity index (χ2n) is 6.55. The maximum absolute atomic E-state index is 12.4. The Morgan fingerprint density at radius 2 is 1.89 bits per heavy atom. The molecule has 1 N–H and O–H groups in total. The van der Waals surface area contributed by atoms with Crippen LogP contribution in [0.2, 0.25) is 0 Å². The fourth-order valence-corrected chi connectivity index (χ4v) is 3.01. The highest BCUT2D eigenvalue weighted by Gasteiger charge is 2.46. The molecule has 0 aromatic rings. The molecule has 0 heterocycles. The number of carbonyl (C=O) groups excluding carboxylic acids is 1. The van der Waals surface area contributed by atoms with Gasteiger partial charge in [-0.15, -0.1) is 0 Å². The molecule has 2 saturated carbocycles. The van der Waals surface area contributed by atoms with Gasteiger partial charge in [-0.05, 0) is 45.4 Å². The van der Waals surface area contributed by atoms with Crippen LogP contribution in [0.25, 0.3) is 0 Å². The molecular formula is C15H25NO3. The first-order chi connectivity index (χ1) is 8.94. The van der Waals surface area contributed by atoms with E-state index >= 15 is 0 Å². The fourth-order valence-electron chi connectivity index (χ4n) is 3.01. The molecule has 2 rings (SSSR count). The zero-order valence-corrected chi connectivity index (χ0v) is 12.0. The average Bonchev–Trinajstić information content (AvgIpc) is 2.20. The van der Waals surface area contributed by atoms with Gasteiger partial charge in [0.1, 0.15) is 0 Å². The van der Waals surface area contributed by atoms with Crippen LogP contribution in [0.1, 0.15) is 58.8 Å². The van der Waals surface area contributed by atoms with E-state index in [0.29, 0.717) is 18.8 Å². The zero-order chi connectivity index (χ0) is 14.0. The van der Waals surface area contributed by atoms with Crippen LogP contribution in [0.4, 0.5) is 0 Å². The second kappa shape index (κ2) is 5.51. The van der Waals surface area contributed by atoms with Gasteiger partial charge in [-0.3, -0.25) is 9.59 Å². The molecule has 0 aromatic heterocycles. The van der Waals surface area contributed by atoms with E-state index < -0.39 is 11.4 Å². The molecule has 0 bridgehead atoms. The van der Waals surface area contributed by atoms with Crippen molar-refractivity contribution in [3.05, 3.63) is 0 Å². The summed E-state index contributed by atoms with van der Waals surface area (Å²) in [6, 6.07) is 0.166. The number of carboxylic acid groups (broad SMARTS) is 1. The number of carboxylic acids is 1. The molecular weight excluding hydrogens is 242 g/mol. The van der Waals surface area contributed by atoms with Gasteiger partial charge in [0.2, 0.25) is 5.91 Å². The fraction of sp³-hybridized carbons (Fsp3) is 0.867. The van der Waals surface area contributed by atoms with Gasteiger partial charge in [0.15, 0.2) is 0 Å². The normalized spacial score (nSPS) is 21.6. The molecule has 2 fully saturated rings. The number of aliphatic carboxylic acids is 1. The summed E-state index contributed by atoms with van der Waals surface area (Å²) in [6.45, 7) is 4.85. The smallest absolute Gasteiger partial charge is 0.310 e. The van der Waals surface area contributed by atoms with Gasteiger partial charge in [0.05, 0.1) is 5.41 Å². The lowest BCUT2D eigenvalue weighted by molar-refractivity contribution is -0.160. The van der Waals surface area contributed by atoms with E-state index in [4.69, 9.17) is 0 Å². The van der Waals surface area contributed by atoms with Crippen LogP contribution in [-0.4, -0.2) is 34.5 Å². The van der Waals surface area contributed by atoms with Gasteiger partial charge in [-0.25, -0.2) is 0 Å². The number of rotatable bonds is 6. The van der Waals surface area contributed by atoms with Crippen LogP contribution in [0.3, 0.4) is 0 Å². The molecule has 19 heavy (non-hydrogen) atoms. The summed E-state index contributed by atoms with van der Waals surface area (Å²) in [5.74, 6) is -0.128. The van der Waals surface area contributed by atoms with E-state index in [-0.39, 0.29) is 18.4 Å². The van der Waals surface area contributed by atoms with Crippen LogP contribution < -0.4 is 0 Å². The van der Waals surface area contributed by atoms with Crippen molar-refractivity contribution in [2.75, 3.05) is 6.54 Å². The minimum absolute atomic E-state index is 0.0315. The third kappa shape index (κ3) is 2.93. The van der Waals surface area contributed by atoms with Crippen LogP contribution >= 0.6 is 0 Å². The monoisotopic (exact) mass is 267 g/mol. The molecule has 0 unspecified atom stereocenters. The lowest BCUT2D eigenvalue weighted by Crippen LogP contribution is -2.47. The Morgan fingerprint density at radius 3 is 2.21 bits per heavy atom. The largest absolute Gasteiger partial charge is 0.481 e. The molecule has 108 valence electrons. The summed E-state index contributed by atoms with van der Waals surface area (Å²) in [4.78, 5) is 25.7. The minimum atomic E-state index is -0.792. The maximum Gasteiger partial charge on any atom is 0.310 e. The lowest BCUT2D eigenvalue weighted by Gasteiger charge is -2.40. The van der Waals surface area contributed by atoms with Gasteiger partial charge in [-0.2, -0.15) is 0 Å². The minimum Gasteiger partial charge on any atom is -0.481 e. The Bertz CT molecular complexity index is 356. The van der Waals surface area contributed by atoms with Crippen molar-refractivity contribution in [1.29, 1.82) is 0 Å². The number of nitrogens with zero attached hydrogens (tertiary/aromatic N) is 1. The van der Waals surface area contributed by atoms with Crippen molar-refractivity contribution in [3.8, 4) is 0 Å². The third-order valence-corrected chi connectivity index (χ3v) is 4.88. The Balaban J connectivity index is 1.96. The number of amides is 1. The molecule has 1 amide bonds. The Hall–Kier alpha value is -1.06. The summed E-state index contributed by atoms with van der Waals surface area (Å²) in [5.41, 5.74) is -0.760. The van der Waals surface area contributed by atoms with Gasteiger partial charge < -0.3 is 10.0 Å². The highest BCUT2D eigenvalue weighted by molar-refractivity contribution is 5.85. The van der Waals surface area contributed by atoms with E-state index in [2.05, 4.69) is 0 Å². The highest BCUT2D eigenvalue weighted by Crippen LogP contribution is 2.44. The van der Waals surface area contributed by atoms with E-state index in [0.717, 1.165) is 13.0 Å². The van der Waals surface area contributed by atoms with E-state index in [1.165, 1.54) is 19.3 Å².